The van der Waals surface area contributed by atoms with Crippen LogP contribution in [0.5, 0.6) is 5.75 Å². The third-order valence-corrected chi connectivity index (χ3v) is 3.08. The molecule has 1 aromatic carbocycles. The van der Waals surface area contributed by atoms with Crippen molar-refractivity contribution in [1.82, 2.24) is 5.32 Å². The maximum Gasteiger partial charge on any atom is 0.227 e. The van der Waals surface area contributed by atoms with E-state index in [4.69, 9.17) is 4.74 Å². The van der Waals surface area contributed by atoms with Crippen LogP contribution in [0.3, 0.4) is 0 Å². The van der Waals surface area contributed by atoms with Crippen LogP contribution in [0, 0.1) is 11.7 Å². The molecule has 0 spiro atoms. The summed E-state index contributed by atoms with van der Waals surface area (Å²) in [5, 5.41) is 5.94. The second-order valence-electron chi connectivity index (χ2n) is 4.39. The Morgan fingerprint density at radius 1 is 1.39 bits per heavy atom. The van der Waals surface area contributed by atoms with Gasteiger partial charge in [0, 0.05) is 23.7 Å². The minimum absolute atomic E-state index is 0.000474. The van der Waals surface area contributed by atoms with E-state index in [1.54, 1.807) is 6.07 Å². The van der Waals surface area contributed by atoms with Crippen LogP contribution >= 0.6 is 0 Å². The van der Waals surface area contributed by atoms with Crippen molar-refractivity contribution < 1.29 is 13.9 Å². The van der Waals surface area contributed by atoms with Crippen molar-refractivity contribution in [3.63, 3.8) is 0 Å². The Morgan fingerprint density at radius 3 is 2.78 bits per heavy atom. The molecule has 0 bridgehead atoms. The Kier molecular flexibility index (Phi) is 4.15. The first-order valence-electron chi connectivity index (χ1n) is 6.05. The minimum Gasteiger partial charge on any atom is -0.497 e. The van der Waals surface area contributed by atoms with E-state index in [-0.39, 0.29) is 11.8 Å². The van der Waals surface area contributed by atoms with E-state index in [9.17, 15) is 9.18 Å². The molecule has 0 atom stereocenters. The van der Waals surface area contributed by atoms with E-state index in [2.05, 4.69) is 10.6 Å². The predicted octanol–water partition coefficient (Wildman–Crippen LogP) is 1.77. The summed E-state index contributed by atoms with van der Waals surface area (Å²) < 4.78 is 18.2. The number of ether oxygens (including phenoxy) is 1. The highest BCUT2D eigenvalue weighted by Gasteiger charge is 2.21. The lowest BCUT2D eigenvalue weighted by molar-refractivity contribution is -0.120. The van der Waals surface area contributed by atoms with Crippen LogP contribution in [-0.2, 0) is 4.79 Å². The van der Waals surface area contributed by atoms with Crippen LogP contribution in [0.25, 0.3) is 0 Å². The summed E-state index contributed by atoms with van der Waals surface area (Å²) in [6.45, 7) is 1.70. The number of piperidine rings is 1. The summed E-state index contributed by atoms with van der Waals surface area (Å²) in [6.07, 6.45) is 1.64. The number of carbonyl (C=O) groups excluding carboxylic acids is 1. The molecule has 0 unspecified atom stereocenters. The number of benzene rings is 1. The fourth-order valence-electron chi connectivity index (χ4n) is 2.08. The van der Waals surface area contributed by atoms with Crippen molar-refractivity contribution in [2.45, 2.75) is 12.8 Å². The first-order chi connectivity index (χ1) is 8.69. The number of anilines is 1. The van der Waals surface area contributed by atoms with Gasteiger partial charge < -0.3 is 15.4 Å². The normalized spacial score (nSPS) is 16.3. The molecule has 18 heavy (non-hydrogen) atoms. The maximum absolute atomic E-state index is 13.3. The van der Waals surface area contributed by atoms with Gasteiger partial charge in [0.05, 0.1) is 7.11 Å². The lowest BCUT2D eigenvalue weighted by Crippen LogP contribution is -2.34. The number of hydrogen-bond acceptors (Lipinski definition) is 3. The standard InChI is InChI=1S/C13H17FN2O2/c1-18-12-7-10(14)6-11(8-12)16-13(17)9-2-4-15-5-3-9/h6-9,15H,2-5H2,1H3,(H,16,17). The molecule has 0 aromatic heterocycles. The van der Waals surface area contributed by atoms with Crippen molar-refractivity contribution in [2.24, 2.45) is 5.92 Å². The van der Waals surface area contributed by atoms with Gasteiger partial charge in [-0.2, -0.15) is 0 Å². The molecule has 4 nitrogen and oxygen atoms in total. The van der Waals surface area contributed by atoms with Gasteiger partial charge in [-0.25, -0.2) is 4.39 Å². The summed E-state index contributed by atoms with van der Waals surface area (Å²) in [5.41, 5.74) is 0.440. The van der Waals surface area contributed by atoms with E-state index in [1.165, 1.54) is 19.2 Å². The summed E-state index contributed by atoms with van der Waals surface area (Å²) in [6, 6.07) is 4.18. The average Bonchev–Trinajstić information content (AvgIpc) is 2.39. The molecule has 1 aliphatic heterocycles. The van der Waals surface area contributed by atoms with Crippen LogP contribution in [-0.4, -0.2) is 26.1 Å². The van der Waals surface area contributed by atoms with Crippen LogP contribution in [0.15, 0.2) is 18.2 Å². The van der Waals surface area contributed by atoms with Gasteiger partial charge in [0.2, 0.25) is 5.91 Å². The van der Waals surface area contributed by atoms with E-state index in [0.29, 0.717) is 11.4 Å². The Hall–Kier alpha value is -1.62. The van der Waals surface area contributed by atoms with Gasteiger partial charge >= 0.3 is 0 Å². The van der Waals surface area contributed by atoms with Crippen molar-refractivity contribution in [3.05, 3.63) is 24.0 Å². The number of rotatable bonds is 3. The molecule has 2 N–H and O–H groups in total. The van der Waals surface area contributed by atoms with Gasteiger partial charge in [-0.1, -0.05) is 0 Å². The van der Waals surface area contributed by atoms with E-state index >= 15 is 0 Å². The smallest absolute Gasteiger partial charge is 0.227 e. The third kappa shape index (κ3) is 3.20. The lowest BCUT2D eigenvalue weighted by Gasteiger charge is -2.21. The summed E-state index contributed by atoms with van der Waals surface area (Å²) in [7, 11) is 1.47. The van der Waals surface area contributed by atoms with E-state index < -0.39 is 5.82 Å². The second kappa shape index (κ2) is 5.82. The Labute approximate surface area is 106 Å². The topological polar surface area (TPSA) is 50.4 Å². The Balaban J connectivity index is 2.03. The fourth-order valence-corrected chi connectivity index (χ4v) is 2.08. The quantitative estimate of drug-likeness (QED) is 0.862. The summed E-state index contributed by atoms with van der Waals surface area (Å²) in [4.78, 5) is 12.0. The molecule has 1 heterocycles. The van der Waals surface area contributed by atoms with E-state index in [1.807, 2.05) is 0 Å². The molecular formula is C13H17FN2O2. The molecule has 1 aliphatic rings. The molecule has 1 amide bonds. The first-order valence-corrected chi connectivity index (χ1v) is 6.05. The van der Waals surface area contributed by atoms with Gasteiger partial charge in [0.15, 0.2) is 0 Å². The number of methoxy groups -OCH3 is 1. The number of amides is 1. The van der Waals surface area contributed by atoms with Gasteiger partial charge in [-0.3, -0.25) is 4.79 Å². The summed E-state index contributed by atoms with van der Waals surface area (Å²) in [5.74, 6) is -0.0739. The highest BCUT2D eigenvalue weighted by Crippen LogP contribution is 2.21. The average molecular weight is 252 g/mol. The van der Waals surface area contributed by atoms with Crippen LogP contribution in [0.4, 0.5) is 10.1 Å². The number of nitrogens with one attached hydrogen (secondary N) is 2. The second-order valence-corrected chi connectivity index (χ2v) is 4.39. The SMILES string of the molecule is COc1cc(F)cc(NC(=O)C2CCNCC2)c1. The van der Waals surface area contributed by atoms with Crippen molar-refractivity contribution >= 4 is 11.6 Å². The zero-order valence-corrected chi connectivity index (χ0v) is 10.3. The number of carbonyl (C=O) groups is 1. The zero-order valence-electron chi connectivity index (χ0n) is 10.3. The highest BCUT2D eigenvalue weighted by atomic mass is 19.1. The molecule has 0 saturated carbocycles. The summed E-state index contributed by atoms with van der Waals surface area (Å²) >= 11 is 0. The molecule has 98 valence electrons. The predicted molar refractivity (Wildman–Crippen MR) is 67.2 cm³/mol. The maximum atomic E-state index is 13.3. The van der Waals surface area contributed by atoms with Crippen molar-refractivity contribution in [2.75, 3.05) is 25.5 Å². The molecule has 1 aromatic rings. The van der Waals surface area contributed by atoms with E-state index in [0.717, 1.165) is 25.9 Å². The van der Waals surface area contributed by atoms with Crippen LogP contribution in [0.1, 0.15) is 12.8 Å². The van der Waals surface area contributed by atoms with Crippen molar-refractivity contribution in [1.29, 1.82) is 0 Å². The molecule has 2 rings (SSSR count). The Morgan fingerprint density at radius 2 is 2.11 bits per heavy atom. The van der Waals surface area contributed by atoms with Gasteiger partial charge in [-0.05, 0) is 32.0 Å². The molecular weight excluding hydrogens is 235 g/mol. The largest absolute Gasteiger partial charge is 0.497 e. The van der Waals surface area contributed by atoms with Gasteiger partial charge in [0.25, 0.3) is 0 Å². The number of halogens is 1. The van der Waals surface area contributed by atoms with Gasteiger partial charge in [0.1, 0.15) is 11.6 Å². The minimum atomic E-state index is -0.421. The molecule has 0 radical (unpaired) electrons. The zero-order chi connectivity index (χ0) is 13.0. The lowest BCUT2D eigenvalue weighted by atomic mass is 9.97. The fraction of sp³-hybridized carbons (Fsp3) is 0.462. The molecule has 0 aliphatic carbocycles. The molecule has 1 fully saturated rings. The number of hydrogen-bond donors (Lipinski definition) is 2. The highest BCUT2D eigenvalue weighted by molar-refractivity contribution is 5.92. The molecule has 5 heteroatoms. The van der Waals surface area contributed by atoms with Crippen molar-refractivity contribution in [3.8, 4) is 5.75 Å². The monoisotopic (exact) mass is 252 g/mol. The van der Waals surface area contributed by atoms with Crippen LogP contribution < -0.4 is 15.4 Å². The first kappa shape index (κ1) is 12.8. The van der Waals surface area contributed by atoms with Crippen LogP contribution in [0.2, 0.25) is 0 Å². The third-order valence-electron chi connectivity index (χ3n) is 3.08. The molecule has 1 saturated heterocycles. The Bertz CT molecular complexity index is 431. The van der Waals surface area contributed by atoms with Gasteiger partial charge in [-0.15, -0.1) is 0 Å².